The molecule has 6 heteroatoms. The number of ether oxygens (including phenoxy) is 2. The van der Waals surface area contributed by atoms with Crippen molar-refractivity contribution < 1.29 is 19.1 Å². The van der Waals surface area contributed by atoms with Gasteiger partial charge >= 0.3 is 11.9 Å². The molecular formula is C14H19NO4S. The number of thioether (sulfide) groups is 1. The van der Waals surface area contributed by atoms with Crippen molar-refractivity contribution in [1.82, 2.24) is 0 Å². The van der Waals surface area contributed by atoms with Crippen LogP contribution in [0.2, 0.25) is 0 Å². The molecule has 1 rings (SSSR count). The Morgan fingerprint density at radius 3 is 2.40 bits per heavy atom. The number of nitrogen functional groups attached to an aromatic ring is 1. The van der Waals surface area contributed by atoms with Crippen LogP contribution in [0.1, 0.15) is 29.8 Å². The van der Waals surface area contributed by atoms with Crippen molar-refractivity contribution in [3.05, 3.63) is 23.3 Å². The van der Waals surface area contributed by atoms with Crippen LogP contribution >= 0.6 is 11.8 Å². The van der Waals surface area contributed by atoms with Crippen LogP contribution in [-0.4, -0.2) is 31.4 Å². The maximum atomic E-state index is 12.0. The van der Waals surface area contributed by atoms with Gasteiger partial charge in [0.15, 0.2) is 0 Å². The van der Waals surface area contributed by atoms with Crippen LogP contribution in [0.3, 0.4) is 0 Å². The zero-order valence-corrected chi connectivity index (χ0v) is 12.7. The molecule has 1 aromatic rings. The van der Waals surface area contributed by atoms with Crippen molar-refractivity contribution in [2.75, 3.05) is 25.2 Å². The monoisotopic (exact) mass is 297 g/mol. The highest BCUT2D eigenvalue weighted by molar-refractivity contribution is 7.98. The van der Waals surface area contributed by atoms with Crippen molar-refractivity contribution >= 4 is 29.4 Å². The molecule has 0 saturated carbocycles. The van der Waals surface area contributed by atoms with Gasteiger partial charge in [-0.2, -0.15) is 0 Å². The fourth-order valence-electron chi connectivity index (χ4n) is 1.81. The fraction of sp³-hybridized carbons (Fsp3) is 0.429. The number of carbonyl (C=O) groups excluding carboxylic acids is 2. The predicted octanol–water partition coefficient (Wildman–Crippen LogP) is 2.27. The quantitative estimate of drug-likeness (QED) is 0.493. The van der Waals surface area contributed by atoms with Crippen molar-refractivity contribution in [3.8, 4) is 0 Å². The zero-order valence-electron chi connectivity index (χ0n) is 11.9. The van der Waals surface area contributed by atoms with Gasteiger partial charge in [0.05, 0.1) is 25.2 Å². The summed E-state index contributed by atoms with van der Waals surface area (Å²) in [6, 6.07) is 3.43. The molecule has 5 nitrogen and oxygen atoms in total. The second-order valence-corrected chi connectivity index (χ2v) is 4.76. The Kier molecular flexibility index (Phi) is 6.38. The average molecular weight is 297 g/mol. The number of carbonyl (C=O) groups is 2. The number of hydrogen-bond acceptors (Lipinski definition) is 6. The van der Waals surface area contributed by atoms with E-state index in [-0.39, 0.29) is 24.6 Å². The molecule has 0 aliphatic carbocycles. The number of nitrogens with two attached hydrogens (primary N) is 1. The summed E-state index contributed by atoms with van der Waals surface area (Å²) < 4.78 is 9.95. The number of anilines is 1. The molecule has 0 saturated heterocycles. The van der Waals surface area contributed by atoms with E-state index in [0.717, 1.165) is 4.90 Å². The Morgan fingerprint density at radius 2 is 1.85 bits per heavy atom. The van der Waals surface area contributed by atoms with Crippen LogP contribution in [0.5, 0.6) is 0 Å². The second kappa shape index (κ2) is 7.79. The summed E-state index contributed by atoms with van der Waals surface area (Å²) in [6.07, 6.45) is 1.87. The van der Waals surface area contributed by atoms with Crippen LogP contribution < -0.4 is 5.73 Å². The van der Waals surface area contributed by atoms with E-state index in [0.29, 0.717) is 17.9 Å². The minimum atomic E-state index is -0.514. The molecule has 0 unspecified atom stereocenters. The standard InChI is InChI=1S/C14H19NO4S/c1-4-18-12(16)8-9-11(20-3)7-6-10(15)13(9)14(17)19-5-2/h6-7H,4-5,8,15H2,1-3H3. The smallest absolute Gasteiger partial charge is 0.340 e. The van der Waals surface area contributed by atoms with Crippen molar-refractivity contribution in [3.63, 3.8) is 0 Å². The highest BCUT2D eigenvalue weighted by Gasteiger charge is 2.21. The van der Waals surface area contributed by atoms with E-state index in [9.17, 15) is 9.59 Å². The first-order valence-corrected chi connectivity index (χ1v) is 7.55. The van der Waals surface area contributed by atoms with Crippen molar-refractivity contribution in [2.24, 2.45) is 0 Å². The Labute approximate surface area is 122 Å². The molecule has 0 aliphatic rings. The Hall–Kier alpha value is -1.69. The molecule has 0 radical (unpaired) electrons. The van der Waals surface area contributed by atoms with Crippen molar-refractivity contribution in [1.29, 1.82) is 0 Å². The van der Waals surface area contributed by atoms with E-state index in [4.69, 9.17) is 15.2 Å². The lowest BCUT2D eigenvalue weighted by Gasteiger charge is -2.14. The average Bonchev–Trinajstić information content (AvgIpc) is 2.39. The lowest BCUT2D eigenvalue weighted by molar-refractivity contribution is -0.142. The van der Waals surface area contributed by atoms with E-state index in [2.05, 4.69) is 0 Å². The third kappa shape index (κ3) is 3.90. The topological polar surface area (TPSA) is 78.6 Å². The molecule has 2 N–H and O–H groups in total. The lowest BCUT2D eigenvalue weighted by atomic mass is 10.0. The fourth-order valence-corrected chi connectivity index (χ4v) is 2.44. The largest absolute Gasteiger partial charge is 0.466 e. The Bertz CT molecular complexity index is 502. The summed E-state index contributed by atoms with van der Waals surface area (Å²) >= 11 is 1.44. The van der Waals surface area contributed by atoms with Gasteiger partial charge in [0, 0.05) is 10.6 Å². The highest BCUT2D eigenvalue weighted by atomic mass is 32.2. The number of benzene rings is 1. The van der Waals surface area contributed by atoms with E-state index in [1.165, 1.54) is 11.8 Å². The molecular weight excluding hydrogens is 278 g/mol. The summed E-state index contributed by atoms with van der Waals surface area (Å²) in [6.45, 7) is 4.00. The van der Waals surface area contributed by atoms with Crippen LogP contribution in [0.4, 0.5) is 5.69 Å². The first kappa shape index (κ1) is 16.4. The van der Waals surface area contributed by atoms with Crippen LogP contribution in [0, 0.1) is 0 Å². The molecule has 0 fully saturated rings. The van der Waals surface area contributed by atoms with Crippen molar-refractivity contribution in [2.45, 2.75) is 25.2 Å². The number of hydrogen-bond donors (Lipinski definition) is 1. The zero-order chi connectivity index (χ0) is 15.1. The third-order valence-electron chi connectivity index (χ3n) is 2.63. The molecule has 110 valence electrons. The summed E-state index contributed by atoms with van der Waals surface area (Å²) in [5.74, 6) is -0.904. The molecule has 0 bridgehead atoms. The van der Waals surface area contributed by atoms with Gasteiger partial charge < -0.3 is 15.2 Å². The molecule has 0 atom stereocenters. The van der Waals surface area contributed by atoms with E-state index >= 15 is 0 Å². The molecule has 0 amide bonds. The third-order valence-corrected chi connectivity index (χ3v) is 3.45. The summed E-state index contributed by atoms with van der Waals surface area (Å²) in [4.78, 5) is 24.5. The minimum absolute atomic E-state index is 0.00318. The number of esters is 2. The van der Waals surface area contributed by atoms with E-state index in [1.807, 2.05) is 6.26 Å². The summed E-state index contributed by atoms with van der Waals surface area (Å²) in [7, 11) is 0. The van der Waals surface area contributed by atoms with Gasteiger partial charge in [-0.05, 0) is 37.8 Å². The van der Waals surface area contributed by atoms with Gasteiger partial charge in [0.2, 0.25) is 0 Å². The molecule has 0 heterocycles. The van der Waals surface area contributed by atoms with Crippen LogP contribution in [0.15, 0.2) is 17.0 Å². The maximum absolute atomic E-state index is 12.0. The number of rotatable bonds is 6. The normalized spacial score (nSPS) is 10.2. The van der Waals surface area contributed by atoms with E-state index < -0.39 is 5.97 Å². The first-order valence-electron chi connectivity index (χ1n) is 6.33. The molecule has 20 heavy (non-hydrogen) atoms. The Morgan fingerprint density at radius 1 is 1.20 bits per heavy atom. The SMILES string of the molecule is CCOC(=O)Cc1c(SC)ccc(N)c1C(=O)OCC. The summed E-state index contributed by atoms with van der Waals surface area (Å²) in [5, 5.41) is 0. The van der Waals surface area contributed by atoms with Gasteiger partial charge in [-0.3, -0.25) is 4.79 Å². The molecule has 0 aromatic heterocycles. The highest BCUT2D eigenvalue weighted by Crippen LogP contribution is 2.29. The van der Waals surface area contributed by atoms with Gasteiger partial charge in [-0.1, -0.05) is 0 Å². The van der Waals surface area contributed by atoms with Gasteiger partial charge in [0.25, 0.3) is 0 Å². The second-order valence-electron chi connectivity index (χ2n) is 3.91. The maximum Gasteiger partial charge on any atom is 0.340 e. The first-order chi connectivity index (χ1) is 9.54. The van der Waals surface area contributed by atoms with E-state index in [1.54, 1.807) is 26.0 Å². The predicted molar refractivity (Wildman–Crippen MR) is 78.9 cm³/mol. The lowest BCUT2D eigenvalue weighted by Crippen LogP contribution is -2.16. The van der Waals surface area contributed by atoms with Gasteiger partial charge in [-0.25, -0.2) is 4.79 Å². The van der Waals surface area contributed by atoms with Crippen LogP contribution in [0.25, 0.3) is 0 Å². The summed E-state index contributed by atoms with van der Waals surface area (Å²) in [5.41, 5.74) is 6.99. The van der Waals surface area contributed by atoms with Gasteiger partial charge in [-0.15, -0.1) is 11.8 Å². The minimum Gasteiger partial charge on any atom is -0.466 e. The molecule has 0 aliphatic heterocycles. The molecule has 1 aromatic carbocycles. The molecule has 0 spiro atoms. The Balaban J connectivity index is 3.24. The van der Waals surface area contributed by atoms with Gasteiger partial charge in [0.1, 0.15) is 0 Å². The van der Waals surface area contributed by atoms with Crippen LogP contribution in [-0.2, 0) is 20.7 Å².